The molecule has 0 aromatic carbocycles. The third-order valence-corrected chi connectivity index (χ3v) is 4.03. The Morgan fingerprint density at radius 3 is 2.42 bits per heavy atom. The van der Waals surface area contributed by atoms with Crippen molar-refractivity contribution in [1.29, 1.82) is 0 Å². The third-order valence-electron chi connectivity index (χ3n) is 4.03. The number of anilines is 2. The van der Waals surface area contributed by atoms with Crippen LogP contribution in [-0.2, 0) is 0 Å². The fourth-order valence-electron chi connectivity index (χ4n) is 2.67. The first-order valence-corrected chi connectivity index (χ1v) is 8.47. The van der Waals surface area contributed by atoms with Crippen molar-refractivity contribution < 1.29 is 0 Å². The molecule has 1 unspecified atom stereocenters. The van der Waals surface area contributed by atoms with Gasteiger partial charge in [0.1, 0.15) is 5.82 Å². The summed E-state index contributed by atoms with van der Waals surface area (Å²) in [6.07, 6.45) is 5.36. The fraction of sp³-hybridized carbons (Fsp3) is 0.316. The van der Waals surface area contributed by atoms with E-state index in [4.69, 9.17) is 0 Å². The van der Waals surface area contributed by atoms with Gasteiger partial charge in [-0.1, -0.05) is 0 Å². The van der Waals surface area contributed by atoms with Gasteiger partial charge >= 0.3 is 0 Å². The standard InChI is InChI=1S/C19H23N7/c1-12-10-17(25-19(22-12)26(4)5)23-13(2)16-11-21-18(24-14(16)3)15-6-8-20-9-7-15/h6-11,13H,1-5H3,(H,22,23,25). The minimum absolute atomic E-state index is 0.0193. The lowest BCUT2D eigenvalue weighted by atomic mass is 10.1. The Labute approximate surface area is 153 Å². The van der Waals surface area contributed by atoms with Crippen molar-refractivity contribution in [2.24, 2.45) is 0 Å². The molecule has 0 aliphatic heterocycles. The van der Waals surface area contributed by atoms with Crippen LogP contribution in [0.3, 0.4) is 0 Å². The first kappa shape index (κ1) is 17.7. The number of rotatable bonds is 5. The Balaban J connectivity index is 1.83. The van der Waals surface area contributed by atoms with Gasteiger partial charge in [-0.3, -0.25) is 4.98 Å². The van der Waals surface area contributed by atoms with E-state index < -0.39 is 0 Å². The van der Waals surface area contributed by atoms with Crippen molar-refractivity contribution in [1.82, 2.24) is 24.9 Å². The second kappa shape index (κ2) is 7.43. The molecule has 0 bridgehead atoms. The van der Waals surface area contributed by atoms with Gasteiger partial charge in [0.25, 0.3) is 0 Å². The van der Waals surface area contributed by atoms with Gasteiger partial charge in [-0.15, -0.1) is 0 Å². The van der Waals surface area contributed by atoms with Gasteiger partial charge in [0.05, 0.1) is 6.04 Å². The van der Waals surface area contributed by atoms with Gasteiger partial charge in [-0.05, 0) is 32.9 Å². The smallest absolute Gasteiger partial charge is 0.226 e. The van der Waals surface area contributed by atoms with Crippen molar-refractivity contribution in [3.05, 3.63) is 53.7 Å². The lowest BCUT2D eigenvalue weighted by molar-refractivity contribution is 0.833. The Kier molecular flexibility index (Phi) is 5.06. The van der Waals surface area contributed by atoms with Crippen LogP contribution in [-0.4, -0.2) is 39.0 Å². The number of nitrogens with one attached hydrogen (secondary N) is 1. The first-order chi connectivity index (χ1) is 12.4. The molecule has 1 atom stereocenters. The topological polar surface area (TPSA) is 79.7 Å². The van der Waals surface area contributed by atoms with Crippen LogP contribution in [0.15, 0.2) is 36.8 Å². The highest BCUT2D eigenvalue weighted by molar-refractivity contribution is 5.54. The largest absolute Gasteiger partial charge is 0.363 e. The van der Waals surface area contributed by atoms with Crippen LogP contribution < -0.4 is 10.2 Å². The quantitative estimate of drug-likeness (QED) is 0.757. The lowest BCUT2D eigenvalue weighted by Gasteiger charge is -2.19. The molecule has 134 valence electrons. The van der Waals surface area contributed by atoms with Crippen LogP contribution in [0.4, 0.5) is 11.8 Å². The molecule has 3 heterocycles. The van der Waals surface area contributed by atoms with Crippen molar-refractivity contribution in [2.75, 3.05) is 24.3 Å². The van der Waals surface area contributed by atoms with Gasteiger partial charge in [0.2, 0.25) is 5.95 Å². The number of aryl methyl sites for hydroxylation is 2. The zero-order valence-electron chi connectivity index (χ0n) is 15.7. The lowest BCUT2D eigenvalue weighted by Crippen LogP contribution is -2.16. The van der Waals surface area contributed by atoms with Crippen molar-refractivity contribution >= 4 is 11.8 Å². The van der Waals surface area contributed by atoms with Gasteiger partial charge in [0, 0.05) is 61.3 Å². The molecule has 0 saturated heterocycles. The summed E-state index contributed by atoms with van der Waals surface area (Å²) in [5, 5.41) is 3.43. The summed E-state index contributed by atoms with van der Waals surface area (Å²) in [4.78, 5) is 24.1. The molecule has 0 fully saturated rings. The second-order valence-corrected chi connectivity index (χ2v) is 6.43. The van der Waals surface area contributed by atoms with Crippen LogP contribution in [0.2, 0.25) is 0 Å². The summed E-state index contributed by atoms with van der Waals surface area (Å²) < 4.78 is 0. The predicted octanol–water partition coefficient (Wildman–Crippen LogP) is 3.18. The van der Waals surface area contributed by atoms with Gasteiger partial charge in [-0.25, -0.2) is 15.0 Å². The average molecular weight is 349 g/mol. The summed E-state index contributed by atoms with van der Waals surface area (Å²) in [7, 11) is 3.86. The number of hydrogen-bond donors (Lipinski definition) is 1. The van der Waals surface area contributed by atoms with Crippen molar-refractivity contribution in [3.8, 4) is 11.4 Å². The Morgan fingerprint density at radius 2 is 1.77 bits per heavy atom. The highest BCUT2D eigenvalue weighted by atomic mass is 15.2. The molecule has 0 saturated carbocycles. The third kappa shape index (κ3) is 3.93. The molecular formula is C19H23N7. The minimum atomic E-state index is 0.0193. The summed E-state index contributed by atoms with van der Waals surface area (Å²) >= 11 is 0. The minimum Gasteiger partial charge on any atom is -0.363 e. The monoisotopic (exact) mass is 349 g/mol. The molecule has 1 N–H and O–H groups in total. The molecule has 0 aliphatic rings. The molecule has 26 heavy (non-hydrogen) atoms. The number of pyridine rings is 1. The van der Waals surface area contributed by atoms with Crippen LogP contribution >= 0.6 is 0 Å². The number of nitrogens with zero attached hydrogens (tertiary/aromatic N) is 6. The van der Waals surface area contributed by atoms with E-state index in [2.05, 4.69) is 37.2 Å². The van der Waals surface area contributed by atoms with Gasteiger partial charge in [0.15, 0.2) is 5.82 Å². The molecular weight excluding hydrogens is 326 g/mol. The van der Waals surface area contributed by atoms with Crippen LogP contribution in [0.5, 0.6) is 0 Å². The first-order valence-electron chi connectivity index (χ1n) is 8.47. The Hall–Kier alpha value is -3.09. The maximum absolute atomic E-state index is 4.65. The molecule has 3 aromatic rings. The number of aromatic nitrogens is 5. The van der Waals surface area contributed by atoms with E-state index in [1.165, 1.54) is 0 Å². The molecule has 7 heteroatoms. The molecule has 3 aromatic heterocycles. The van der Waals surface area contributed by atoms with E-state index in [0.717, 1.165) is 28.3 Å². The maximum Gasteiger partial charge on any atom is 0.226 e. The summed E-state index contributed by atoms with van der Waals surface area (Å²) in [6.45, 7) is 6.03. The zero-order chi connectivity index (χ0) is 18.7. The fourth-order valence-corrected chi connectivity index (χ4v) is 2.67. The van der Waals surface area contributed by atoms with Crippen molar-refractivity contribution in [3.63, 3.8) is 0 Å². The van der Waals surface area contributed by atoms with E-state index in [9.17, 15) is 0 Å². The Bertz CT molecular complexity index is 894. The molecule has 0 radical (unpaired) electrons. The van der Waals surface area contributed by atoms with E-state index in [1.54, 1.807) is 12.4 Å². The predicted molar refractivity (Wildman–Crippen MR) is 103 cm³/mol. The van der Waals surface area contributed by atoms with Crippen LogP contribution in [0, 0.1) is 13.8 Å². The molecule has 7 nitrogen and oxygen atoms in total. The van der Waals surface area contributed by atoms with Crippen LogP contribution in [0.1, 0.15) is 29.9 Å². The van der Waals surface area contributed by atoms with Crippen LogP contribution in [0.25, 0.3) is 11.4 Å². The van der Waals surface area contributed by atoms with E-state index in [0.29, 0.717) is 11.8 Å². The summed E-state index contributed by atoms with van der Waals surface area (Å²) in [6, 6.07) is 5.77. The van der Waals surface area contributed by atoms with E-state index in [1.807, 2.05) is 57.2 Å². The molecule has 0 spiro atoms. The second-order valence-electron chi connectivity index (χ2n) is 6.43. The van der Waals surface area contributed by atoms with Gasteiger partial charge in [-0.2, -0.15) is 4.98 Å². The van der Waals surface area contributed by atoms with E-state index >= 15 is 0 Å². The normalized spacial score (nSPS) is 11.9. The number of hydrogen-bond acceptors (Lipinski definition) is 7. The Morgan fingerprint density at radius 1 is 1.04 bits per heavy atom. The van der Waals surface area contributed by atoms with Gasteiger partial charge < -0.3 is 10.2 Å². The van der Waals surface area contributed by atoms with E-state index in [-0.39, 0.29) is 6.04 Å². The SMILES string of the molecule is Cc1cc(NC(C)c2cnc(-c3ccncc3)nc2C)nc(N(C)C)n1. The highest BCUT2D eigenvalue weighted by Crippen LogP contribution is 2.23. The summed E-state index contributed by atoms with van der Waals surface area (Å²) in [5.41, 5.74) is 3.84. The average Bonchev–Trinajstić information content (AvgIpc) is 2.61. The maximum atomic E-state index is 4.65. The molecule has 0 aliphatic carbocycles. The molecule has 3 rings (SSSR count). The summed E-state index contributed by atoms with van der Waals surface area (Å²) in [5.74, 6) is 2.17. The molecule has 0 amide bonds. The van der Waals surface area contributed by atoms with Crippen molar-refractivity contribution in [2.45, 2.75) is 26.8 Å². The highest BCUT2D eigenvalue weighted by Gasteiger charge is 2.13. The zero-order valence-corrected chi connectivity index (χ0v) is 15.7.